The van der Waals surface area contributed by atoms with Gasteiger partial charge < -0.3 is 4.74 Å². The fourth-order valence-electron chi connectivity index (χ4n) is 4.43. The van der Waals surface area contributed by atoms with E-state index in [9.17, 15) is 22.0 Å². The van der Waals surface area contributed by atoms with Gasteiger partial charge in [0, 0.05) is 8.80 Å². The molecule has 31 heavy (non-hydrogen) atoms. The standard InChI is InChI=1S/C24H29F5OSi/c1-16(25)3-2-10-31-11-8-19(9-12-31)17-4-6-18(7-5-17)20-13-21(26)24(22(27)14-20)30-15-23(28)29/h4-7,13-14,16,19,23,31H,2-3,8-12,15H2,1H3/t16?,19-,31-. The Bertz CT molecular complexity index is 809. The fourth-order valence-corrected chi connectivity index (χ4v) is 7.86. The Balaban J connectivity index is 1.59. The Morgan fingerprint density at radius 2 is 1.58 bits per heavy atom. The molecule has 1 unspecified atom stereocenters. The molecule has 3 rings (SSSR count). The molecule has 2 aromatic carbocycles. The van der Waals surface area contributed by atoms with Crippen molar-refractivity contribution in [2.45, 2.75) is 69.3 Å². The summed E-state index contributed by atoms with van der Waals surface area (Å²) >= 11 is 0. The van der Waals surface area contributed by atoms with E-state index in [1.165, 1.54) is 23.7 Å². The van der Waals surface area contributed by atoms with Gasteiger partial charge in [-0.3, -0.25) is 0 Å². The second-order valence-electron chi connectivity index (χ2n) is 8.52. The Kier molecular flexibility index (Phi) is 8.52. The van der Waals surface area contributed by atoms with Crippen LogP contribution in [0.1, 0.15) is 44.1 Å². The molecule has 1 fully saturated rings. The lowest BCUT2D eigenvalue weighted by atomic mass is 9.92. The van der Waals surface area contributed by atoms with E-state index >= 15 is 0 Å². The first kappa shape index (κ1) is 23.8. The average molecular weight is 457 g/mol. The third-order valence-electron chi connectivity index (χ3n) is 6.13. The molecular weight excluding hydrogens is 427 g/mol. The van der Waals surface area contributed by atoms with Crippen LogP contribution < -0.4 is 4.74 Å². The molecule has 0 aromatic heterocycles. The van der Waals surface area contributed by atoms with Crippen LogP contribution in [0, 0.1) is 11.6 Å². The van der Waals surface area contributed by atoms with Gasteiger partial charge in [0.1, 0.15) is 6.61 Å². The molecule has 1 aliphatic heterocycles. The van der Waals surface area contributed by atoms with Crippen LogP contribution in [0.5, 0.6) is 5.75 Å². The predicted molar refractivity (Wildman–Crippen MR) is 117 cm³/mol. The van der Waals surface area contributed by atoms with Gasteiger partial charge in [0.25, 0.3) is 6.43 Å². The third kappa shape index (κ3) is 6.79. The smallest absolute Gasteiger partial charge is 0.272 e. The molecular formula is C24H29F5OSi. The molecule has 1 heterocycles. The maximum Gasteiger partial charge on any atom is 0.272 e. The minimum absolute atomic E-state index is 0.337. The highest BCUT2D eigenvalue weighted by Crippen LogP contribution is 2.36. The summed E-state index contributed by atoms with van der Waals surface area (Å²) in [5.41, 5.74) is 2.22. The zero-order chi connectivity index (χ0) is 22.4. The second kappa shape index (κ2) is 11.1. The first-order chi connectivity index (χ1) is 14.8. The predicted octanol–water partition coefficient (Wildman–Crippen LogP) is 7.52. The van der Waals surface area contributed by atoms with Gasteiger partial charge in [0.05, 0.1) is 6.17 Å². The van der Waals surface area contributed by atoms with Crippen molar-refractivity contribution in [1.29, 1.82) is 0 Å². The summed E-state index contributed by atoms with van der Waals surface area (Å²) < 4.78 is 70.3. The topological polar surface area (TPSA) is 9.23 Å². The minimum atomic E-state index is -2.80. The number of benzene rings is 2. The van der Waals surface area contributed by atoms with Crippen LogP contribution in [-0.4, -0.2) is 28.0 Å². The van der Waals surface area contributed by atoms with Crippen molar-refractivity contribution in [2.75, 3.05) is 6.61 Å². The molecule has 0 bridgehead atoms. The van der Waals surface area contributed by atoms with Gasteiger partial charge in [-0.05, 0) is 60.9 Å². The number of hydrogen-bond acceptors (Lipinski definition) is 1. The van der Waals surface area contributed by atoms with E-state index < -0.39 is 45.4 Å². The molecule has 0 radical (unpaired) electrons. The van der Waals surface area contributed by atoms with Crippen LogP contribution in [0.2, 0.25) is 18.1 Å². The Morgan fingerprint density at radius 3 is 2.13 bits per heavy atom. The first-order valence-corrected chi connectivity index (χ1v) is 13.4. The quantitative estimate of drug-likeness (QED) is 0.280. The molecule has 2 aromatic rings. The van der Waals surface area contributed by atoms with Crippen LogP contribution in [0.3, 0.4) is 0 Å². The summed E-state index contributed by atoms with van der Waals surface area (Å²) in [5, 5.41) is 0. The van der Waals surface area contributed by atoms with Crippen molar-refractivity contribution < 1.29 is 26.7 Å². The van der Waals surface area contributed by atoms with Gasteiger partial charge in [0.2, 0.25) is 0 Å². The SMILES string of the molecule is CC(F)CCC[Si@H]1CC[C@H](c2ccc(-c3cc(F)c(OCC(F)F)c(F)c3)cc2)CC1. The number of rotatable bonds is 9. The van der Waals surface area contributed by atoms with Crippen molar-refractivity contribution in [3.63, 3.8) is 0 Å². The molecule has 0 amide bonds. The monoisotopic (exact) mass is 456 g/mol. The van der Waals surface area contributed by atoms with Crippen LogP contribution in [0.25, 0.3) is 11.1 Å². The maximum atomic E-state index is 14.2. The molecule has 1 atom stereocenters. The van der Waals surface area contributed by atoms with Gasteiger partial charge in [-0.2, -0.15) is 0 Å². The number of ether oxygens (including phenoxy) is 1. The summed E-state index contributed by atoms with van der Waals surface area (Å²) in [6, 6.07) is 13.7. The van der Waals surface area contributed by atoms with Crippen LogP contribution >= 0.6 is 0 Å². The zero-order valence-electron chi connectivity index (χ0n) is 17.7. The molecule has 1 aliphatic rings. The van der Waals surface area contributed by atoms with Gasteiger partial charge in [0.15, 0.2) is 17.4 Å². The normalized spacial score (nSPS) is 20.1. The Labute approximate surface area is 182 Å². The van der Waals surface area contributed by atoms with E-state index in [1.807, 2.05) is 24.3 Å². The molecule has 0 N–H and O–H groups in total. The van der Waals surface area contributed by atoms with E-state index in [1.54, 1.807) is 6.92 Å². The highest BCUT2D eigenvalue weighted by atomic mass is 28.3. The Hall–Kier alpha value is -1.89. The lowest BCUT2D eigenvalue weighted by molar-refractivity contribution is 0.0777. The number of alkyl halides is 3. The van der Waals surface area contributed by atoms with E-state index in [0.29, 0.717) is 23.5 Å². The number of halogens is 5. The molecule has 1 nitrogen and oxygen atoms in total. The van der Waals surface area contributed by atoms with Crippen molar-refractivity contribution in [3.05, 3.63) is 53.6 Å². The van der Waals surface area contributed by atoms with Gasteiger partial charge in [-0.25, -0.2) is 22.0 Å². The first-order valence-electron chi connectivity index (χ1n) is 11.0. The summed E-state index contributed by atoms with van der Waals surface area (Å²) in [4.78, 5) is 0. The van der Waals surface area contributed by atoms with Crippen LogP contribution in [-0.2, 0) is 0 Å². The highest BCUT2D eigenvalue weighted by molar-refractivity contribution is 6.59. The molecule has 0 spiro atoms. The lowest BCUT2D eigenvalue weighted by Crippen LogP contribution is -2.20. The summed E-state index contributed by atoms with van der Waals surface area (Å²) in [6.45, 7) is 0.572. The molecule has 1 saturated heterocycles. The van der Waals surface area contributed by atoms with Gasteiger partial charge in [-0.15, -0.1) is 0 Å². The van der Waals surface area contributed by atoms with E-state index in [4.69, 9.17) is 0 Å². The third-order valence-corrected chi connectivity index (χ3v) is 9.65. The average Bonchev–Trinajstić information content (AvgIpc) is 2.73. The van der Waals surface area contributed by atoms with Crippen LogP contribution in [0.4, 0.5) is 22.0 Å². The summed E-state index contributed by atoms with van der Waals surface area (Å²) in [7, 11) is -0.744. The van der Waals surface area contributed by atoms with Gasteiger partial charge >= 0.3 is 0 Å². The van der Waals surface area contributed by atoms with Crippen molar-refractivity contribution in [1.82, 2.24) is 0 Å². The minimum Gasteiger partial charge on any atom is -0.482 e. The van der Waals surface area contributed by atoms with Crippen molar-refractivity contribution >= 4 is 8.80 Å². The fraction of sp³-hybridized carbons (Fsp3) is 0.500. The highest BCUT2D eigenvalue weighted by Gasteiger charge is 2.23. The Morgan fingerprint density at radius 1 is 0.968 bits per heavy atom. The maximum absolute atomic E-state index is 14.2. The summed E-state index contributed by atoms with van der Waals surface area (Å²) in [5.74, 6) is -2.27. The van der Waals surface area contributed by atoms with E-state index in [-0.39, 0.29) is 0 Å². The van der Waals surface area contributed by atoms with E-state index in [2.05, 4.69) is 4.74 Å². The van der Waals surface area contributed by atoms with Crippen molar-refractivity contribution in [2.24, 2.45) is 0 Å². The number of hydrogen-bond donors (Lipinski definition) is 0. The van der Waals surface area contributed by atoms with Gasteiger partial charge in [-0.1, -0.05) is 48.8 Å². The summed E-state index contributed by atoms with van der Waals surface area (Å²) in [6.07, 6.45) is 0.485. The van der Waals surface area contributed by atoms with Crippen LogP contribution in [0.15, 0.2) is 36.4 Å². The second-order valence-corrected chi connectivity index (χ2v) is 12.0. The molecule has 7 heteroatoms. The largest absolute Gasteiger partial charge is 0.482 e. The molecule has 170 valence electrons. The zero-order valence-corrected chi connectivity index (χ0v) is 18.9. The molecule has 0 aliphatic carbocycles. The lowest BCUT2D eigenvalue weighted by Gasteiger charge is -2.28. The van der Waals surface area contributed by atoms with E-state index in [0.717, 1.165) is 31.4 Å². The van der Waals surface area contributed by atoms with Crippen molar-refractivity contribution in [3.8, 4) is 16.9 Å². The molecule has 0 saturated carbocycles.